The molecule has 4 heteroatoms. The van der Waals surface area contributed by atoms with E-state index in [-0.39, 0.29) is 5.97 Å². The van der Waals surface area contributed by atoms with Gasteiger partial charge in [-0.25, -0.2) is 4.79 Å². The van der Waals surface area contributed by atoms with Gasteiger partial charge in [-0.05, 0) is 32.9 Å². The van der Waals surface area contributed by atoms with E-state index in [1.165, 1.54) is 0 Å². The maximum absolute atomic E-state index is 12.0. The first-order chi connectivity index (χ1) is 7.88. The number of nitrogens with one attached hydrogen (secondary N) is 1. The van der Waals surface area contributed by atoms with Gasteiger partial charge in [-0.2, -0.15) is 0 Å². The van der Waals surface area contributed by atoms with Crippen LogP contribution in [0, 0.1) is 0 Å². The van der Waals surface area contributed by atoms with Crippen LogP contribution in [-0.2, 0) is 4.74 Å². The van der Waals surface area contributed by atoms with E-state index >= 15 is 0 Å². The van der Waals surface area contributed by atoms with Crippen LogP contribution in [0.1, 0.15) is 31.1 Å². The molecule has 0 fully saturated rings. The summed E-state index contributed by atoms with van der Waals surface area (Å²) in [6.07, 6.45) is 1.67. The highest BCUT2D eigenvalue weighted by Crippen LogP contribution is 2.27. The topological polar surface area (TPSA) is 42.1 Å². The molecule has 1 aromatic carbocycles. The minimum atomic E-state index is -0.512. The lowest BCUT2D eigenvalue weighted by molar-refractivity contribution is 0.00719. The molecule has 1 N–H and O–H groups in total. The van der Waals surface area contributed by atoms with E-state index in [2.05, 4.69) is 4.98 Å². The van der Waals surface area contributed by atoms with Gasteiger partial charge in [-0.1, -0.05) is 17.7 Å². The van der Waals surface area contributed by atoms with Gasteiger partial charge in [0.25, 0.3) is 0 Å². The Morgan fingerprint density at radius 2 is 2.06 bits per heavy atom. The highest BCUT2D eigenvalue weighted by Gasteiger charge is 2.20. The third-order valence-corrected chi connectivity index (χ3v) is 2.57. The Morgan fingerprint density at radius 3 is 2.71 bits per heavy atom. The average Bonchev–Trinajstić information content (AvgIpc) is 2.58. The molecule has 0 atom stereocenters. The van der Waals surface area contributed by atoms with Crippen molar-refractivity contribution < 1.29 is 9.53 Å². The van der Waals surface area contributed by atoms with Crippen LogP contribution in [0.2, 0.25) is 5.02 Å². The Morgan fingerprint density at radius 1 is 1.35 bits per heavy atom. The van der Waals surface area contributed by atoms with E-state index in [9.17, 15) is 4.79 Å². The first-order valence-electron chi connectivity index (χ1n) is 5.37. The van der Waals surface area contributed by atoms with E-state index < -0.39 is 5.60 Å². The van der Waals surface area contributed by atoms with Crippen LogP contribution < -0.4 is 0 Å². The van der Waals surface area contributed by atoms with Gasteiger partial charge in [-0.3, -0.25) is 0 Å². The number of halogens is 1. The molecule has 2 rings (SSSR count). The van der Waals surface area contributed by atoms with Crippen molar-refractivity contribution in [1.29, 1.82) is 0 Å². The molecule has 17 heavy (non-hydrogen) atoms. The first kappa shape index (κ1) is 12.0. The highest BCUT2D eigenvalue weighted by molar-refractivity contribution is 6.36. The minimum absolute atomic E-state index is 0.357. The molecule has 0 unspecified atom stereocenters. The van der Waals surface area contributed by atoms with E-state index in [0.717, 1.165) is 5.52 Å². The molecule has 0 saturated carbocycles. The van der Waals surface area contributed by atoms with E-state index in [4.69, 9.17) is 16.3 Å². The summed E-state index contributed by atoms with van der Waals surface area (Å²) in [6, 6.07) is 5.39. The number of benzene rings is 1. The van der Waals surface area contributed by atoms with Crippen LogP contribution in [0.5, 0.6) is 0 Å². The van der Waals surface area contributed by atoms with Gasteiger partial charge in [0.1, 0.15) is 5.60 Å². The monoisotopic (exact) mass is 251 g/mol. The van der Waals surface area contributed by atoms with Crippen molar-refractivity contribution in [2.75, 3.05) is 0 Å². The lowest BCUT2D eigenvalue weighted by atomic mass is 10.1. The molecule has 0 amide bonds. The number of carbonyl (C=O) groups excluding carboxylic acids is 1. The Hall–Kier alpha value is -1.48. The highest BCUT2D eigenvalue weighted by atomic mass is 35.5. The maximum Gasteiger partial charge on any atom is 0.339 e. The lowest BCUT2D eigenvalue weighted by Crippen LogP contribution is -2.24. The van der Waals surface area contributed by atoms with Gasteiger partial charge in [0, 0.05) is 17.1 Å². The van der Waals surface area contributed by atoms with Gasteiger partial charge in [0.15, 0.2) is 0 Å². The van der Waals surface area contributed by atoms with Crippen LogP contribution in [-0.4, -0.2) is 16.6 Å². The molecule has 0 aliphatic rings. The molecule has 1 heterocycles. The van der Waals surface area contributed by atoms with Crippen LogP contribution in [0.25, 0.3) is 10.9 Å². The minimum Gasteiger partial charge on any atom is -0.456 e. The largest absolute Gasteiger partial charge is 0.456 e. The average molecular weight is 252 g/mol. The zero-order chi connectivity index (χ0) is 12.6. The van der Waals surface area contributed by atoms with Crippen molar-refractivity contribution in [2.24, 2.45) is 0 Å². The third kappa shape index (κ3) is 2.44. The number of aromatic nitrogens is 1. The Kier molecular flexibility index (Phi) is 2.87. The standard InChI is InChI=1S/C13H14ClNO2/c1-13(2,3)17-12(16)8-5-4-6-10-11(8)9(14)7-15-10/h4-7,15H,1-3H3. The van der Waals surface area contributed by atoms with Crippen molar-refractivity contribution in [2.45, 2.75) is 26.4 Å². The third-order valence-electron chi connectivity index (χ3n) is 2.28. The number of hydrogen-bond donors (Lipinski definition) is 1. The molecule has 0 bridgehead atoms. The second kappa shape index (κ2) is 4.08. The smallest absolute Gasteiger partial charge is 0.339 e. The molecule has 0 spiro atoms. The summed E-state index contributed by atoms with van der Waals surface area (Å²) in [5.74, 6) is -0.357. The van der Waals surface area contributed by atoms with Crippen molar-refractivity contribution in [3.8, 4) is 0 Å². The predicted octanol–water partition coefficient (Wildman–Crippen LogP) is 3.78. The second-order valence-electron chi connectivity index (χ2n) is 4.87. The Balaban J connectivity index is 2.48. The summed E-state index contributed by atoms with van der Waals surface area (Å²) in [7, 11) is 0. The van der Waals surface area contributed by atoms with Gasteiger partial charge in [0.05, 0.1) is 10.6 Å². The van der Waals surface area contributed by atoms with E-state index in [0.29, 0.717) is 16.0 Å². The lowest BCUT2D eigenvalue weighted by Gasteiger charge is -2.19. The maximum atomic E-state index is 12.0. The number of aromatic amines is 1. The molecule has 3 nitrogen and oxygen atoms in total. The molecule has 1 aromatic heterocycles. The van der Waals surface area contributed by atoms with Crippen molar-refractivity contribution >= 4 is 28.5 Å². The fourth-order valence-corrected chi connectivity index (χ4v) is 1.90. The predicted molar refractivity (Wildman–Crippen MR) is 68.5 cm³/mol. The first-order valence-corrected chi connectivity index (χ1v) is 5.75. The number of ether oxygens (including phenoxy) is 1. The Bertz CT molecular complexity index is 566. The summed E-state index contributed by atoms with van der Waals surface area (Å²) in [4.78, 5) is 15.0. The molecular formula is C13H14ClNO2. The fourth-order valence-electron chi connectivity index (χ4n) is 1.65. The number of H-pyrrole nitrogens is 1. The molecule has 0 saturated heterocycles. The van der Waals surface area contributed by atoms with Crippen molar-refractivity contribution in [3.63, 3.8) is 0 Å². The van der Waals surface area contributed by atoms with Gasteiger partial charge in [0.2, 0.25) is 0 Å². The van der Waals surface area contributed by atoms with Gasteiger partial charge < -0.3 is 9.72 Å². The van der Waals surface area contributed by atoms with Crippen LogP contribution >= 0.6 is 11.6 Å². The molecule has 90 valence electrons. The molecule has 2 aromatic rings. The zero-order valence-corrected chi connectivity index (χ0v) is 10.8. The number of hydrogen-bond acceptors (Lipinski definition) is 2. The van der Waals surface area contributed by atoms with E-state index in [1.807, 2.05) is 26.8 Å². The Labute approximate surface area is 105 Å². The van der Waals surface area contributed by atoms with Crippen molar-refractivity contribution in [1.82, 2.24) is 4.98 Å². The SMILES string of the molecule is CC(C)(C)OC(=O)c1cccc2[nH]cc(Cl)c12. The number of carbonyl (C=O) groups is 1. The zero-order valence-electron chi connectivity index (χ0n) is 10.0. The molecule has 0 radical (unpaired) electrons. The fraction of sp³-hybridized carbons (Fsp3) is 0.308. The van der Waals surface area contributed by atoms with Gasteiger partial charge >= 0.3 is 5.97 Å². The van der Waals surface area contributed by atoms with Crippen LogP contribution in [0.3, 0.4) is 0 Å². The quantitative estimate of drug-likeness (QED) is 0.784. The summed E-state index contributed by atoms with van der Waals surface area (Å²) in [6.45, 7) is 5.51. The van der Waals surface area contributed by atoms with E-state index in [1.54, 1.807) is 18.3 Å². The summed E-state index contributed by atoms with van der Waals surface area (Å²) >= 11 is 6.05. The summed E-state index contributed by atoms with van der Waals surface area (Å²) < 4.78 is 5.34. The van der Waals surface area contributed by atoms with Crippen LogP contribution in [0.15, 0.2) is 24.4 Å². The van der Waals surface area contributed by atoms with Crippen LogP contribution in [0.4, 0.5) is 0 Å². The second-order valence-corrected chi connectivity index (χ2v) is 5.27. The number of fused-ring (bicyclic) bond motifs is 1. The van der Waals surface area contributed by atoms with Crippen molar-refractivity contribution in [3.05, 3.63) is 35.0 Å². The normalized spacial score (nSPS) is 11.8. The summed E-state index contributed by atoms with van der Waals surface area (Å²) in [5.41, 5.74) is 0.809. The molecule has 0 aliphatic heterocycles. The molecular weight excluding hydrogens is 238 g/mol. The number of rotatable bonds is 1. The number of esters is 1. The summed E-state index contributed by atoms with van der Waals surface area (Å²) in [5, 5.41) is 1.24. The van der Waals surface area contributed by atoms with Gasteiger partial charge in [-0.15, -0.1) is 0 Å². The molecule has 0 aliphatic carbocycles.